The quantitative estimate of drug-likeness (QED) is 0.358. The van der Waals surface area contributed by atoms with Gasteiger partial charge < -0.3 is 29.0 Å². The molecule has 0 unspecified atom stereocenters. The molecule has 4 N–H and O–H groups in total. The molecule has 14 heavy (non-hydrogen) atoms. The predicted molar refractivity (Wildman–Crippen MR) is 45.7 cm³/mol. The summed E-state index contributed by atoms with van der Waals surface area (Å²) in [6, 6.07) is 0. The van der Waals surface area contributed by atoms with E-state index in [-0.39, 0.29) is 13.2 Å². The highest BCUT2D eigenvalue weighted by Crippen LogP contribution is 2.60. The summed E-state index contributed by atoms with van der Waals surface area (Å²) in [6.45, 7) is -0.326. The number of ether oxygens (including phenoxy) is 2. The van der Waals surface area contributed by atoms with Crippen LogP contribution in [0, 0.1) is 0 Å². The Labute approximate surface area is 80.2 Å². The Bertz CT molecular complexity index is 230. The van der Waals surface area contributed by atoms with Crippen LogP contribution in [-0.2, 0) is 18.6 Å². The van der Waals surface area contributed by atoms with Crippen LogP contribution in [0.4, 0.5) is 0 Å². The molecule has 0 aromatic carbocycles. The van der Waals surface area contributed by atoms with Crippen molar-refractivity contribution < 1.29 is 38.2 Å². The molecule has 0 rings (SSSR count). The van der Waals surface area contributed by atoms with Crippen LogP contribution in [0.3, 0.4) is 0 Å². The minimum absolute atomic E-state index is 0.0174. The lowest BCUT2D eigenvalue weighted by Gasteiger charge is -2.19. The summed E-state index contributed by atoms with van der Waals surface area (Å²) in [5.41, 5.74) is -2.41. The summed E-state index contributed by atoms with van der Waals surface area (Å²) in [6.07, 6.45) is 0. The largest absolute Gasteiger partial charge is 0.382 e. The van der Waals surface area contributed by atoms with Gasteiger partial charge in [0.05, 0.1) is 13.2 Å². The molecular weight excluding hydrogens is 238 g/mol. The van der Waals surface area contributed by atoms with Crippen molar-refractivity contribution in [1.82, 2.24) is 0 Å². The maximum atomic E-state index is 10.6. The van der Waals surface area contributed by atoms with Gasteiger partial charge >= 0.3 is 15.2 Å². The van der Waals surface area contributed by atoms with Crippen LogP contribution in [0.1, 0.15) is 0 Å². The third-order valence-electron chi connectivity index (χ3n) is 1.13. The van der Waals surface area contributed by atoms with Gasteiger partial charge in [0.2, 0.25) is 0 Å². The summed E-state index contributed by atoms with van der Waals surface area (Å²) < 4.78 is 30.1. The Morgan fingerprint density at radius 2 is 1.50 bits per heavy atom. The zero-order valence-corrected chi connectivity index (χ0v) is 9.10. The highest BCUT2D eigenvalue weighted by molar-refractivity contribution is 7.70. The first kappa shape index (κ1) is 14.2. The molecule has 0 saturated carbocycles. The van der Waals surface area contributed by atoms with Crippen molar-refractivity contribution in [3.8, 4) is 0 Å². The van der Waals surface area contributed by atoms with E-state index >= 15 is 0 Å². The Morgan fingerprint density at radius 3 is 1.79 bits per heavy atom. The van der Waals surface area contributed by atoms with E-state index in [0.717, 1.165) is 0 Å². The molecule has 0 radical (unpaired) electrons. The van der Waals surface area contributed by atoms with E-state index in [1.165, 1.54) is 7.11 Å². The molecule has 0 aromatic heterocycles. The van der Waals surface area contributed by atoms with Crippen LogP contribution in [0.15, 0.2) is 0 Å². The van der Waals surface area contributed by atoms with E-state index in [0.29, 0.717) is 0 Å². The van der Waals surface area contributed by atoms with Gasteiger partial charge in [0.15, 0.2) is 0 Å². The molecule has 0 atom stereocenters. The fraction of sp³-hybridized carbons (Fsp3) is 1.00. The first-order valence-electron chi connectivity index (χ1n) is 3.40. The molecule has 0 aliphatic rings. The third-order valence-corrected chi connectivity index (χ3v) is 4.38. The van der Waals surface area contributed by atoms with Crippen LogP contribution in [0.5, 0.6) is 0 Å². The van der Waals surface area contributed by atoms with Gasteiger partial charge in [-0.2, -0.15) is 0 Å². The van der Waals surface area contributed by atoms with Gasteiger partial charge in [-0.05, 0) is 0 Å². The maximum Gasteiger partial charge on any atom is 0.366 e. The molecule has 0 aliphatic heterocycles. The van der Waals surface area contributed by atoms with Crippen LogP contribution < -0.4 is 0 Å². The third kappa shape index (κ3) is 5.19. The monoisotopic (exact) mass is 250 g/mol. The molecule has 0 amide bonds. The van der Waals surface area contributed by atoms with Crippen LogP contribution in [0.2, 0.25) is 0 Å². The Morgan fingerprint density at radius 1 is 1.07 bits per heavy atom. The Hall–Kier alpha value is 0.220. The minimum atomic E-state index is -4.98. The smallest absolute Gasteiger partial charge is 0.366 e. The normalized spacial score (nSPS) is 13.6. The average molecular weight is 250 g/mol. The van der Waals surface area contributed by atoms with E-state index in [1.54, 1.807) is 0 Å². The summed E-state index contributed by atoms with van der Waals surface area (Å²) in [4.78, 5) is 34.3. The number of hydrogen-bond donors (Lipinski definition) is 4. The van der Waals surface area contributed by atoms with Gasteiger partial charge in [-0.3, -0.25) is 9.13 Å². The number of rotatable bonds is 6. The second kappa shape index (κ2) is 5.34. The average Bonchev–Trinajstić information content (AvgIpc) is 1.92. The lowest BCUT2D eigenvalue weighted by molar-refractivity contribution is 0.0613. The van der Waals surface area contributed by atoms with Crippen molar-refractivity contribution in [2.24, 2.45) is 0 Å². The SMILES string of the molecule is COCCOC(P(=O)(O)O)P(=O)(O)O. The molecule has 0 spiro atoms. The van der Waals surface area contributed by atoms with E-state index in [2.05, 4.69) is 9.47 Å². The van der Waals surface area contributed by atoms with Crippen LogP contribution >= 0.6 is 15.2 Å². The van der Waals surface area contributed by atoms with Crippen molar-refractivity contribution in [3.05, 3.63) is 0 Å². The summed E-state index contributed by atoms with van der Waals surface area (Å²) in [5.74, 6) is 0. The molecule has 0 fully saturated rings. The second-order valence-electron chi connectivity index (χ2n) is 2.37. The fourth-order valence-electron chi connectivity index (χ4n) is 0.627. The van der Waals surface area contributed by atoms with Crippen molar-refractivity contribution >= 4 is 15.2 Å². The topological polar surface area (TPSA) is 134 Å². The first-order chi connectivity index (χ1) is 6.19. The van der Waals surface area contributed by atoms with Crippen LogP contribution in [0.25, 0.3) is 0 Å². The molecule has 0 bridgehead atoms. The van der Waals surface area contributed by atoms with Gasteiger partial charge in [0.1, 0.15) is 0 Å². The lowest BCUT2D eigenvalue weighted by Crippen LogP contribution is -2.16. The minimum Gasteiger partial charge on any atom is -0.382 e. The van der Waals surface area contributed by atoms with E-state index < -0.39 is 20.8 Å². The molecule has 8 nitrogen and oxygen atoms in total. The van der Waals surface area contributed by atoms with Crippen LogP contribution in [-0.4, -0.2) is 45.5 Å². The molecule has 0 aliphatic carbocycles. The van der Waals surface area contributed by atoms with Crippen molar-refractivity contribution in [2.75, 3.05) is 20.3 Å². The molecule has 0 heterocycles. The first-order valence-corrected chi connectivity index (χ1v) is 6.77. The highest BCUT2D eigenvalue weighted by atomic mass is 31.2. The number of methoxy groups -OCH3 is 1. The Balaban J connectivity index is 4.45. The molecule has 86 valence electrons. The van der Waals surface area contributed by atoms with Gasteiger partial charge in [0, 0.05) is 7.11 Å². The van der Waals surface area contributed by atoms with E-state index in [9.17, 15) is 9.13 Å². The van der Waals surface area contributed by atoms with Gasteiger partial charge in [-0.15, -0.1) is 0 Å². The van der Waals surface area contributed by atoms with Gasteiger partial charge in [-0.1, -0.05) is 0 Å². The summed E-state index contributed by atoms with van der Waals surface area (Å²) >= 11 is 0. The standard InChI is InChI=1S/C4H12O8P2/c1-11-2-3-12-4(13(5,6)7)14(8,9)10/h4H,2-3H2,1H3,(H2,5,6,7)(H2,8,9,10). The molecule has 10 heteroatoms. The van der Waals surface area contributed by atoms with Gasteiger partial charge in [-0.25, -0.2) is 0 Å². The van der Waals surface area contributed by atoms with Crippen molar-refractivity contribution in [3.63, 3.8) is 0 Å². The highest BCUT2D eigenvalue weighted by Gasteiger charge is 2.44. The Kier molecular flexibility index (Phi) is 5.43. The number of hydrogen-bond acceptors (Lipinski definition) is 4. The lowest BCUT2D eigenvalue weighted by atomic mass is 10.8. The summed E-state index contributed by atoms with van der Waals surface area (Å²) in [7, 11) is -8.64. The summed E-state index contributed by atoms with van der Waals surface area (Å²) in [5, 5.41) is 0. The molecule has 0 aromatic rings. The van der Waals surface area contributed by atoms with E-state index in [1.807, 2.05) is 0 Å². The maximum absolute atomic E-state index is 10.6. The zero-order valence-electron chi connectivity index (χ0n) is 7.31. The fourth-order valence-corrected chi connectivity index (χ4v) is 2.79. The van der Waals surface area contributed by atoms with Crippen molar-refractivity contribution in [2.45, 2.75) is 5.59 Å². The predicted octanol–water partition coefficient (Wildman–Crippen LogP) is -0.712. The van der Waals surface area contributed by atoms with Crippen molar-refractivity contribution in [1.29, 1.82) is 0 Å². The molecule has 0 saturated heterocycles. The van der Waals surface area contributed by atoms with Gasteiger partial charge in [0.25, 0.3) is 5.59 Å². The zero-order chi connectivity index (χ0) is 11.4. The second-order valence-corrected chi connectivity index (χ2v) is 6.07. The van der Waals surface area contributed by atoms with E-state index in [4.69, 9.17) is 19.6 Å². The molecular formula is C4H12O8P2.